The molecule has 6 heteroatoms. The lowest BCUT2D eigenvalue weighted by atomic mass is 10.2. The largest absolute Gasteiger partial charge is 0.333 e. The van der Waals surface area contributed by atoms with Gasteiger partial charge in [-0.1, -0.05) is 48.0 Å². The molecule has 2 rings (SSSR count). The normalized spacial score (nSPS) is 9.76. The van der Waals surface area contributed by atoms with Crippen LogP contribution in [0.15, 0.2) is 54.6 Å². The van der Waals surface area contributed by atoms with Gasteiger partial charge in [-0.25, -0.2) is 10.2 Å². The first-order valence-corrected chi connectivity index (χ1v) is 6.67. The first kappa shape index (κ1) is 14.9. The second-order valence-electron chi connectivity index (χ2n) is 4.22. The third-order valence-electron chi connectivity index (χ3n) is 2.72. The molecule has 0 bridgehead atoms. The van der Waals surface area contributed by atoms with Crippen molar-refractivity contribution >= 4 is 23.5 Å². The lowest BCUT2D eigenvalue weighted by molar-refractivity contribution is 0.0936. The van der Waals surface area contributed by atoms with Crippen LogP contribution in [0.4, 0.5) is 4.79 Å². The Morgan fingerprint density at radius 3 is 2.29 bits per heavy atom. The van der Waals surface area contributed by atoms with E-state index in [0.717, 1.165) is 5.56 Å². The number of rotatable bonds is 3. The predicted molar refractivity (Wildman–Crippen MR) is 80.7 cm³/mol. The zero-order valence-corrected chi connectivity index (χ0v) is 11.9. The van der Waals surface area contributed by atoms with Crippen LogP contribution in [0, 0.1) is 0 Å². The second kappa shape index (κ2) is 7.31. The summed E-state index contributed by atoms with van der Waals surface area (Å²) < 4.78 is 0. The Bertz CT molecular complexity index is 632. The van der Waals surface area contributed by atoms with Crippen molar-refractivity contribution < 1.29 is 9.59 Å². The summed E-state index contributed by atoms with van der Waals surface area (Å²) in [5.41, 5.74) is 5.85. The van der Waals surface area contributed by atoms with Gasteiger partial charge in [-0.05, 0) is 23.8 Å². The van der Waals surface area contributed by atoms with E-state index in [2.05, 4.69) is 16.2 Å². The van der Waals surface area contributed by atoms with E-state index >= 15 is 0 Å². The van der Waals surface area contributed by atoms with Crippen molar-refractivity contribution in [3.8, 4) is 0 Å². The molecule has 0 aliphatic rings. The number of nitrogens with one attached hydrogen (secondary N) is 3. The number of benzene rings is 2. The maximum atomic E-state index is 11.7. The van der Waals surface area contributed by atoms with Gasteiger partial charge in [-0.2, -0.15) is 0 Å². The first-order valence-electron chi connectivity index (χ1n) is 6.29. The van der Waals surface area contributed by atoms with Gasteiger partial charge in [0.15, 0.2) is 0 Å². The zero-order chi connectivity index (χ0) is 15.1. The third kappa shape index (κ3) is 4.50. The molecule has 0 unspecified atom stereocenters. The average Bonchev–Trinajstić information content (AvgIpc) is 2.52. The fourth-order valence-electron chi connectivity index (χ4n) is 1.64. The monoisotopic (exact) mass is 303 g/mol. The predicted octanol–water partition coefficient (Wildman–Crippen LogP) is 2.48. The van der Waals surface area contributed by atoms with Crippen LogP contribution in [-0.4, -0.2) is 11.9 Å². The van der Waals surface area contributed by atoms with Crippen molar-refractivity contribution in [3.63, 3.8) is 0 Å². The molecule has 0 heterocycles. The highest BCUT2D eigenvalue weighted by molar-refractivity contribution is 6.31. The van der Waals surface area contributed by atoms with Crippen LogP contribution in [0.5, 0.6) is 0 Å². The highest BCUT2D eigenvalue weighted by Crippen LogP contribution is 2.13. The molecule has 2 aromatic rings. The van der Waals surface area contributed by atoms with E-state index in [-0.39, 0.29) is 12.5 Å². The summed E-state index contributed by atoms with van der Waals surface area (Å²) in [6.07, 6.45) is 0. The van der Waals surface area contributed by atoms with Crippen LogP contribution in [0.2, 0.25) is 5.02 Å². The SMILES string of the molecule is O=C(NCc1ccccc1Cl)NNC(=O)c1ccccc1. The molecule has 0 aromatic heterocycles. The molecule has 2 aromatic carbocycles. The smallest absolute Gasteiger partial charge is 0.333 e. The molecule has 3 amide bonds. The Morgan fingerprint density at radius 1 is 0.905 bits per heavy atom. The van der Waals surface area contributed by atoms with Crippen molar-refractivity contribution in [2.45, 2.75) is 6.54 Å². The molecular weight excluding hydrogens is 290 g/mol. The van der Waals surface area contributed by atoms with Crippen LogP contribution in [0.3, 0.4) is 0 Å². The Kier molecular flexibility index (Phi) is 5.17. The van der Waals surface area contributed by atoms with Crippen LogP contribution < -0.4 is 16.2 Å². The second-order valence-corrected chi connectivity index (χ2v) is 4.63. The summed E-state index contributed by atoms with van der Waals surface area (Å²) in [6.45, 7) is 0.271. The molecule has 0 spiro atoms. The van der Waals surface area contributed by atoms with E-state index in [1.807, 2.05) is 18.2 Å². The number of hydrazine groups is 1. The van der Waals surface area contributed by atoms with Gasteiger partial charge in [0.25, 0.3) is 5.91 Å². The van der Waals surface area contributed by atoms with Crippen molar-refractivity contribution in [2.24, 2.45) is 0 Å². The van der Waals surface area contributed by atoms with Gasteiger partial charge in [-0.15, -0.1) is 0 Å². The fraction of sp³-hybridized carbons (Fsp3) is 0.0667. The zero-order valence-electron chi connectivity index (χ0n) is 11.1. The lowest BCUT2D eigenvalue weighted by Gasteiger charge is -2.09. The Hall–Kier alpha value is -2.53. The third-order valence-corrected chi connectivity index (χ3v) is 3.09. The van der Waals surface area contributed by atoms with Gasteiger partial charge in [-0.3, -0.25) is 10.2 Å². The van der Waals surface area contributed by atoms with Crippen molar-refractivity contribution in [1.29, 1.82) is 0 Å². The number of urea groups is 1. The highest BCUT2D eigenvalue weighted by atomic mass is 35.5. The van der Waals surface area contributed by atoms with Gasteiger partial charge < -0.3 is 5.32 Å². The summed E-state index contributed by atoms with van der Waals surface area (Å²) >= 11 is 5.97. The molecule has 3 N–H and O–H groups in total. The summed E-state index contributed by atoms with van der Waals surface area (Å²) in [7, 11) is 0. The van der Waals surface area contributed by atoms with Crippen molar-refractivity contribution in [3.05, 3.63) is 70.7 Å². The van der Waals surface area contributed by atoms with E-state index in [0.29, 0.717) is 10.6 Å². The number of carbonyl (C=O) groups excluding carboxylic acids is 2. The van der Waals surface area contributed by atoms with Gasteiger partial charge in [0.1, 0.15) is 0 Å². The molecule has 21 heavy (non-hydrogen) atoms. The van der Waals surface area contributed by atoms with Crippen LogP contribution in [0.1, 0.15) is 15.9 Å². The minimum absolute atomic E-state index is 0.271. The molecule has 108 valence electrons. The molecule has 0 aliphatic heterocycles. The van der Waals surface area contributed by atoms with Gasteiger partial charge in [0, 0.05) is 17.1 Å². The Balaban J connectivity index is 1.78. The molecule has 0 saturated heterocycles. The van der Waals surface area contributed by atoms with Crippen molar-refractivity contribution in [2.75, 3.05) is 0 Å². The minimum Gasteiger partial charge on any atom is -0.333 e. The molecule has 0 fully saturated rings. The van der Waals surface area contributed by atoms with Crippen LogP contribution >= 0.6 is 11.6 Å². The molecule has 0 atom stereocenters. The van der Waals surface area contributed by atoms with Crippen LogP contribution in [-0.2, 0) is 6.54 Å². The number of amides is 3. The van der Waals surface area contributed by atoms with E-state index in [4.69, 9.17) is 11.6 Å². The average molecular weight is 304 g/mol. The van der Waals surface area contributed by atoms with E-state index in [1.54, 1.807) is 36.4 Å². The number of hydrogen-bond donors (Lipinski definition) is 3. The summed E-state index contributed by atoms with van der Waals surface area (Å²) in [4.78, 5) is 23.3. The van der Waals surface area contributed by atoms with Gasteiger partial charge >= 0.3 is 6.03 Å². The van der Waals surface area contributed by atoms with E-state index < -0.39 is 6.03 Å². The summed E-state index contributed by atoms with van der Waals surface area (Å²) in [5, 5.41) is 3.17. The van der Waals surface area contributed by atoms with E-state index in [9.17, 15) is 9.59 Å². The lowest BCUT2D eigenvalue weighted by Crippen LogP contribution is -2.46. The summed E-state index contributed by atoms with van der Waals surface area (Å²) in [6, 6.07) is 15.3. The fourth-order valence-corrected chi connectivity index (χ4v) is 1.84. The molecule has 0 radical (unpaired) electrons. The Labute approximate surface area is 127 Å². The van der Waals surface area contributed by atoms with Gasteiger partial charge in [0.05, 0.1) is 0 Å². The molecule has 0 aliphatic carbocycles. The minimum atomic E-state index is -0.515. The van der Waals surface area contributed by atoms with Crippen LogP contribution in [0.25, 0.3) is 0 Å². The molecule has 0 saturated carbocycles. The topological polar surface area (TPSA) is 70.2 Å². The number of halogens is 1. The molecule has 5 nitrogen and oxygen atoms in total. The molecular formula is C15H14ClN3O2. The standard InChI is InChI=1S/C15H14ClN3O2/c16-13-9-5-4-8-12(13)10-17-15(21)19-18-14(20)11-6-2-1-3-7-11/h1-9H,10H2,(H,18,20)(H2,17,19,21). The maximum absolute atomic E-state index is 11.7. The van der Waals surface area contributed by atoms with E-state index in [1.165, 1.54) is 0 Å². The maximum Gasteiger partial charge on any atom is 0.333 e. The van der Waals surface area contributed by atoms with Crippen molar-refractivity contribution in [1.82, 2.24) is 16.2 Å². The quantitative estimate of drug-likeness (QED) is 0.762. The first-order chi connectivity index (χ1) is 10.2. The Morgan fingerprint density at radius 2 is 1.57 bits per heavy atom. The summed E-state index contributed by atoms with van der Waals surface area (Å²) in [5.74, 6) is -0.386. The highest BCUT2D eigenvalue weighted by Gasteiger charge is 2.06. The van der Waals surface area contributed by atoms with Gasteiger partial charge in [0.2, 0.25) is 0 Å². The number of hydrogen-bond acceptors (Lipinski definition) is 2. The number of carbonyl (C=O) groups is 2.